The van der Waals surface area contributed by atoms with Crippen molar-refractivity contribution in [1.29, 1.82) is 0 Å². The molecule has 0 atom stereocenters. The van der Waals surface area contributed by atoms with E-state index in [1.54, 1.807) is 11.3 Å². The van der Waals surface area contributed by atoms with Gasteiger partial charge in [0, 0.05) is 46.0 Å². The number of fused-ring (bicyclic) bond motifs is 1. The van der Waals surface area contributed by atoms with Crippen molar-refractivity contribution in [3.63, 3.8) is 0 Å². The van der Waals surface area contributed by atoms with Crippen molar-refractivity contribution < 1.29 is 0 Å². The lowest BCUT2D eigenvalue weighted by Gasteiger charge is -2.27. The zero-order chi connectivity index (χ0) is 9.38. The fourth-order valence-corrected chi connectivity index (χ4v) is 3.56. The highest BCUT2D eigenvalue weighted by Crippen LogP contribution is 2.28. The highest BCUT2D eigenvalue weighted by atomic mass is 32.1. The van der Waals surface area contributed by atoms with Gasteiger partial charge >= 0.3 is 0 Å². The van der Waals surface area contributed by atoms with Crippen molar-refractivity contribution in [2.75, 3.05) is 13.1 Å². The quantitative estimate of drug-likeness (QED) is 0.833. The Labute approximate surface area is 90.9 Å². The molecule has 0 saturated carbocycles. The highest BCUT2D eigenvalue weighted by molar-refractivity contribution is 7.22. The monoisotopic (exact) mass is 224 g/mol. The molecule has 4 heteroatoms. The van der Waals surface area contributed by atoms with Crippen LogP contribution in [0.4, 0.5) is 0 Å². The Kier molecular flexibility index (Phi) is 2.29. The lowest BCUT2D eigenvalue weighted by molar-refractivity contribution is 0.366. The largest absolute Gasteiger partial charge is 0.314 e. The normalized spacial score (nSPS) is 17.4. The van der Waals surface area contributed by atoms with Gasteiger partial charge in [-0.15, -0.1) is 11.3 Å². The molecule has 74 valence electrons. The van der Waals surface area contributed by atoms with Crippen LogP contribution in [0.25, 0.3) is 10.1 Å². The second kappa shape index (κ2) is 3.62. The Morgan fingerprint density at radius 3 is 3.07 bits per heavy atom. The third-order valence-electron chi connectivity index (χ3n) is 2.56. The van der Waals surface area contributed by atoms with Crippen LogP contribution < -0.4 is 10.6 Å². The molecule has 14 heavy (non-hydrogen) atoms. The first kappa shape index (κ1) is 8.85. The second-order valence-corrected chi connectivity index (χ2v) is 5.55. The van der Waals surface area contributed by atoms with E-state index >= 15 is 0 Å². The molecule has 2 aromatic rings. The van der Waals surface area contributed by atoms with Crippen LogP contribution in [0.1, 0.15) is 4.88 Å². The Bertz CT molecular complexity index is 399. The van der Waals surface area contributed by atoms with E-state index in [2.05, 4.69) is 27.5 Å². The minimum Gasteiger partial charge on any atom is -0.314 e. The van der Waals surface area contributed by atoms with E-state index in [9.17, 15) is 0 Å². The lowest BCUT2D eigenvalue weighted by Crippen LogP contribution is -2.54. The van der Waals surface area contributed by atoms with Crippen molar-refractivity contribution >= 4 is 32.8 Å². The van der Waals surface area contributed by atoms with E-state index in [1.165, 1.54) is 15.0 Å². The Balaban J connectivity index is 1.68. The second-order valence-electron chi connectivity index (χ2n) is 3.64. The van der Waals surface area contributed by atoms with Crippen molar-refractivity contribution in [3.8, 4) is 0 Å². The summed E-state index contributed by atoms with van der Waals surface area (Å²) in [6.07, 6.45) is 0. The first-order valence-electron chi connectivity index (χ1n) is 4.80. The molecule has 1 aliphatic rings. The Morgan fingerprint density at radius 1 is 1.43 bits per heavy atom. The molecule has 0 unspecified atom stereocenters. The molecule has 2 aromatic heterocycles. The topological polar surface area (TPSA) is 24.1 Å². The SMILES string of the molecule is c1scc2sc(CNC3CNC3)cc12. The molecule has 1 saturated heterocycles. The number of hydrogen-bond donors (Lipinski definition) is 2. The van der Waals surface area contributed by atoms with Crippen molar-refractivity contribution in [3.05, 3.63) is 21.7 Å². The summed E-state index contributed by atoms with van der Waals surface area (Å²) < 4.78 is 1.43. The van der Waals surface area contributed by atoms with E-state index in [-0.39, 0.29) is 0 Å². The van der Waals surface area contributed by atoms with E-state index in [4.69, 9.17) is 0 Å². The summed E-state index contributed by atoms with van der Waals surface area (Å²) in [5.74, 6) is 0. The van der Waals surface area contributed by atoms with Gasteiger partial charge in [0.1, 0.15) is 0 Å². The van der Waals surface area contributed by atoms with Gasteiger partial charge in [-0.05, 0) is 11.4 Å². The summed E-state index contributed by atoms with van der Waals surface area (Å²) in [6, 6.07) is 2.99. The van der Waals surface area contributed by atoms with Gasteiger partial charge in [0.15, 0.2) is 0 Å². The van der Waals surface area contributed by atoms with Crippen LogP contribution in [-0.4, -0.2) is 19.1 Å². The van der Waals surface area contributed by atoms with Gasteiger partial charge in [0.25, 0.3) is 0 Å². The van der Waals surface area contributed by atoms with E-state index in [0.29, 0.717) is 6.04 Å². The summed E-state index contributed by atoms with van der Waals surface area (Å²) in [4.78, 5) is 1.45. The lowest BCUT2D eigenvalue weighted by atomic mass is 10.2. The summed E-state index contributed by atoms with van der Waals surface area (Å²) in [5, 5.41) is 12.7. The summed E-state index contributed by atoms with van der Waals surface area (Å²) >= 11 is 3.70. The number of rotatable bonds is 3. The summed E-state index contributed by atoms with van der Waals surface area (Å²) in [7, 11) is 0. The minimum absolute atomic E-state index is 0.689. The maximum atomic E-state index is 3.54. The zero-order valence-electron chi connectivity index (χ0n) is 7.75. The summed E-state index contributed by atoms with van der Waals surface area (Å²) in [6.45, 7) is 3.27. The van der Waals surface area contributed by atoms with Gasteiger partial charge in [-0.3, -0.25) is 0 Å². The van der Waals surface area contributed by atoms with Gasteiger partial charge < -0.3 is 10.6 Å². The average Bonchev–Trinajstić information content (AvgIpc) is 2.59. The maximum Gasteiger partial charge on any atom is 0.0453 e. The number of nitrogens with one attached hydrogen (secondary N) is 2. The maximum absolute atomic E-state index is 3.54. The highest BCUT2D eigenvalue weighted by Gasteiger charge is 2.15. The van der Waals surface area contributed by atoms with E-state index in [1.807, 2.05) is 11.3 Å². The van der Waals surface area contributed by atoms with Crippen LogP contribution >= 0.6 is 22.7 Å². The third-order valence-corrected chi connectivity index (χ3v) is 4.57. The van der Waals surface area contributed by atoms with Crippen LogP contribution in [0.15, 0.2) is 16.8 Å². The van der Waals surface area contributed by atoms with Crippen molar-refractivity contribution in [2.45, 2.75) is 12.6 Å². The Hall–Kier alpha value is -0.420. The van der Waals surface area contributed by atoms with Gasteiger partial charge in [0.2, 0.25) is 0 Å². The summed E-state index contributed by atoms with van der Waals surface area (Å²) in [5.41, 5.74) is 0. The standard InChI is InChI=1S/C10H12N2S2/c1-7-5-13-6-10(7)14-9(1)4-12-8-2-11-3-8/h1,5-6,8,11-12H,2-4H2. The van der Waals surface area contributed by atoms with Gasteiger partial charge in [-0.25, -0.2) is 0 Å². The molecule has 2 nitrogen and oxygen atoms in total. The van der Waals surface area contributed by atoms with E-state index < -0.39 is 0 Å². The molecule has 0 radical (unpaired) electrons. The molecular weight excluding hydrogens is 212 g/mol. The molecule has 2 N–H and O–H groups in total. The van der Waals surface area contributed by atoms with Crippen molar-refractivity contribution in [2.24, 2.45) is 0 Å². The molecule has 0 spiro atoms. The van der Waals surface area contributed by atoms with E-state index in [0.717, 1.165) is 19.6 Å². The smallest absolute Gasteiger partial charge is 0.0453 e. The average molecular weight is 224 g/mol. The predicted octanol–water partition coefficient (Wildman–Crippen LogP) is 2.02. The fraction of sp³-hybridized carbons (Fsp3) is 0.400. The predicted molar refractivity (Wildman–Crippen MR) is 63.2 cm³/mol. The molecule has 0 aliphatic carbocycles. The van der Waals surface area contributed by atoms with Gasteiger partial charge in [0.05, 0.1) is 0 Å². The minimum atomic E-state index is 0.689. The Morgan fingerprint density at radius 2 is 2.36 bits per heavy atom. The molecule has 0 aromatic carbocycles. The van der Waals surface area contributed by atoms with Crippen LogP contribution in [-0.2, 0) is 6.54 Å². The van der Waals surface area contributed by atoms with Crippen LogP contribution in [0.5, 0.6) is 0 Å². The molecular formula is C10H12N2S2. The molecule has 0 amide bonds. The van der Waals surface area contributed by atoms with Gasteiger partial charge in [-0.1, -0.05) is 0 Å². The number of thiophene rings is 2. The molecule has 0 bridgehead atoms. The van der Waals surface area contributed by atoms with Gasteiger partial charge in [-0.2, -0.15) is 11.3 Å². The molecule has 3 heterocycles. The van der Waals surface area contributed by atoms with Crippen LogP contribution in [0.3, 0.4) is 0 Å². The molecule has 1 fully saturated rings. The van der Waals surface area contributed by atoms with Crippen LogP contribution in [0, 0.1) is 0 Å². The first-order valence-corrected chi connectivity index (χ1v) is 6.56. The van der Waals surface area contributed by atoms with Crippen molar-refractivity contribution in [1.82, 2.24) is 10.6 Å². The van der Waals surface area contributed by atoms with Crippen LogP contribution in [0.2, 0.25) is 0 Å². The first-order chi connectivity index (χ1) is 6.92. The fourth-order valence-electron chi connectivity index (χ4n) is 1.59. The zero-order valence-corrected chi connectivity index (χ0v) is 9.38. The molecule has 1 aliphatic heterocycles. The molecule has 3 rings (SSSR count). The number of hydrogen-bond acceptors (Lipinski definition) is 4. The third kappa shape index (κ3) is 1.59.